The average Bonchev–Trinajstić information content (AvgIpc) is 2.93. The number of thiophene rings is 1. The van der Waals surface area contributed by atoms with Crippen molar-refractivity contribution in [2.75, 3.05) is 0 Å². The van der Waals surface area contributed by atoms with Crippen LogP contribution in [0, 0.1) is 5.41 Å². The van der Waals surface area contributed by atoms with Gasteiger partial charge in [0.25, 0.3) is 5.91 Å². The van der Waals surface area contributed by atoms with Crippen LogP contribution < -0.4 is 5.32 Å². The smallest absolute Gasteiger partial charge is 0.326 e. The van der Waals surface area contributed by atoms with E-state index < -0.39 is 12.0 Å². The molecule has 1 saturated carbocycles. The van der Waals surface area contributed by atoms with E-state index in [0.717, 1.165) is 18.4 Å². The molecule has 1 aromatic heterocycles. The highest BCUT2D eigenvalue weighted by molar-refractivity contribution is 7.14. The molecule has 4 rings (SSSR count). The lowest BCUT2D eigenvalue weighted by atomic mass is 9.64. The van der Waals surface area contributed by atoms with Crippen molar-refractivity contribution in [2.24, 2.45) is 5.41 Å². The van der Waals surface area contributed by atoms with E-state index in [0.29, 0.717) is 10.3 Å². The summed E-state index contributed by atoms with van der Waals surface area (Å²) in [7, 11) is 0. The van der Waals surface area contributed by atoms with Crippen LogP contribution in [0.3, 0.4) is 0 Å². The molecule has 2 aliphatic rings. The van der Waals surface area contributed by atoms with Gasteiger partial charge in [0.05, 0.1) is 4.88 Å². The third kappa shape index (κ3) is 3.93. The summed E-state index contributed by atoms with van der Waals surface area (Å²) >= 11 is 1.55. The molecule has 1 heterocycles. The molecule has 2 aliphatic carbocycles. The predicted octanol–water partition coefficient (Wildman–Crippen LogP) is 4.22. The first-order valence-corrected chi connectivity index (χ1v) is 10.6. The van der Waals surface area contributed by atoms with E-state index in [1.54, 1.807) is 11.3 Å². The van der Waals surface area contributed by atoms with Crippen molar-refractivity contribution >= 4 is 23.2 Å². The number of nitrogens with one attached hydrogen (secondary N) is 1. The lowest BCUT2D eigenvalue weighted by molar-refractivity contribution is -0.139. The molecule has 0 bridgehead atoms. The number of aliphatic carboxylic acids is 1. The van der Waals surface area contributed by atoms with Crippen molar-refractivity contribution in [1.29, 1.82) is 0 Å². The van der Waals surface area contributed by atoms with E-state index >= 15 is 0 Å². The summed E-state index contributed by atoms with van der Waals surface area (Å²) in [6.07, 6.45) is 8.85. The number of carboxylic acids is 1. The lowest BCUT2D eigenvalue weighted by Gasteiger charge is -2.41. The Kier molecular flexibility index (Phi) is 5.04. The van der Waals surface area contributed by atoms with Crippen LogP contribution in [0.2, 0.25) is 0 Å². The minimum atomic E-state index is -1.00. The van der Waals surface area contributed by atoms with Crippen LogP contribution in [0.5, 0.6) is 0 Å². The molecule has 142 valence electrons. The van der Waals surface area contributed by atoms with Gasteiger partial charge in [0, 0.05) is 11.3 Å². The number of carbonyl (C=O) groups excluding carboxylic acids is 1. The Morgan fingerprint density at radius 2 is 1.89 bits per heavy atom. The molecule has 0 radical (unpaired) electrons. The van der Waals surface area contributed by atoms with Crippen molar-refractivity contribution in [3.63, 3.8) is 0 Å². The summed E-state index contributed by atoms with van der Waals surface area (Å²) in [6, 6.07) is 10.5. The SMILES string of the molecule is O=C(NC(Cc1ccccc1)C(=O)O)c1cc2c(s1)CCCC1(CCC1)C2. The zero-order valence-electron chi connectivity index (χ0n) is 15.4. The highest BCUT2D eigenvalue weighted by Crippen LogP contribution is 2.50. The number of hydrogen-bond acceptors (Lipinski definition) is 3. The van der Waals surface area contributed by atoms with Gasteiger partial charge in [0.2, 0.25) is 0 Å². The molecule has 1 unspecified atom stereocenters. The molecule has 2 aromatic rings. The van der Waals surface area contributed by atoms with Gasteiger partial charge in [0.15, 0.2) is 0 Å². The molecule has 0 aliphatic heterocycles. The number of benzene rings is 1. The topological polar surface area (TPSA) is 66.4 Å². The van der Waals surface area contributed by atoms with Gasteiger partial charge in [-0.3, -0.25) is 4.79 Å². The monoisotopic (exact) mass is 383 g/mol. The Bertz CT molecular complexity index is 838. The van der Waals surface area contributed by atoms with Gasteiger partial charge >= 0.3 is 5.97 Å². The van der Waals surface area contributed by atoms with Crippen molar-refractivity contribution < 1.29 is 14.7 Å². The van der Waals surface area contributed by atoms with E-state index in [1.165, 1.54) is 42.5 Å². The Hall–Kier alpha value is -2.14. The zero-order chi connectivity index (χ0) is 18.9. The largest absolute Gasteiger partial charge is 0.480 e. The number of hydrogen-bond donors (Lipinski definition) is 2. The van der Waals surface area contributed by atoms with Gasteiger partial charge in [0.1, 0.15) is 6.04 Å². The van der Waals surface area contributed by atoms with Crippen LogP contribution in [-0.4, -0.2) is 23.0 Å². The summed E-state index contributed by atoms with van der Waals surface area (Å²) < 4.78 is 0. The first kappa shape index (κ1) is 18.2. The average molecular weight is 384 g/mol. The van der Waals surface area contributed by atoms with E-state index in [2.05, 4.69) is 5.32 Å². The lowest BCUT2D eigenvalue weighted by Crippen LogP contribution is -2.42. The molecular formula is C22H25NO3S. The van der Waals surface area contributed by atoms with Gasteiger partial charge in [-0.1, -0.05) is 36.8 Å². The van der Waals surface area contributed by atoms with Gasteiger partial charge in [-0.15, -0.1) is 11.3 Å². The van der Waals surface area contributed by atoms with Crippen molar-refractivity contribution in [1.82, 2.24) is 5.32 Å². The van der Waals surface area contributed by atoms with Crippen molar-refractivity contribution in [2.45, 2.75) is 57.4 Å². The van der Waals surface area contributed by atoms with Crippen LogP contribution in [0.25, 0.3) is 0 Å². The molecular weight excluding hydrogens is 358 g/mol. The minimum absolute atomic E-state index is 0.265. The molecule has 1 fully saturated rings. The predicted molar refractivity (Wildman–Crippen MR) is 106 cm³/mol. The molecule has 1 atom stereocenters. The van der Waals surface area contributed by atoms with Gasteiger partial charge in [-0.2, -0.15) is 0 Å². The zero-order valence-corrected chi connectivity index (χ0v) is 16.2. The molecule has 4 nitrogen and oxygen atoms in total. The fourth-order valence-electron chi connectivity index (χ4n) is 4.44. The summed E-state index contributed by atoms with van der Waals surface area (Å²) in [5.41, 5.74) is 2.69. The molecule has 27 heavy (non-hydrogen) atoms. The number of fused-ring (bicyclic) bond motifs is 1. The summed E-state index contributed by atoms with van der Waals surface area (Å²) in [4.78, 5) is 26.3. The maximum Gasteiger partial charge on any atom is 0.326 e. The van der Waals surface area contributed by atoms with Crippen LogP contribution in [0.1, 0.15) is 57.8 Å². The number of aryl methyl sites for hydroxylation is 1. The molecule has 2 N–H and O–H groups in total. The second-order valence-corrected chi connectivity index (χ2v) is 9.13. The van der Waals surface area contributed by atoms with Gasteiger partial charge in [-0.25, -0.2) is 4.79 Å². The highest BCUT2D eigenvalue weighted by atomic mass is 32.1. The van der Waals surface area contributed by atoms with Crippen LogP contribution in [0.15, 0.2) is 36.4 Å². The normalized spacial score (nSPS) is 18.8. The molecule has 0 saturated heterocycles. The second kappa shape index (κ2) is 7.47. The second-order valence-electron chi connectivity index (χ2n) is 8.00. The molecule has 1 aromatic carbocycles. The third-order valence-electron chi connectivity index (χ3n) is 6.10. The van der Waals surface area contributed by atoms with Crippen molar-refractivity contribution in [3.05, 3.63) is 57.3 Å². The quantitative estimate of drug-likeness (QED) is 0.812. The maximum absolute atomic E-state index is 12.7. The van der Waals surface area contributed by atoms with Gasteiger partial charge in [-0.05, 0) is 61.1 Å². The molecule has 1 spiro atoms. The fraction of sp³-hybridized carbons (Fsp3) is 0.455. The third-order valence-corrected chi connectivity index (χ3v) is 7.33. The summed E-state index contributed by atoms with van der Waals surface area (Å²) in [5, 5.41) is 12.3. The Labute approximate surface area is 163 Å². The number of amides is 1. The Balaban J connectivity index is 1.47. The first-order valence-electron chi connectivity index (χ1n) is 9.74. The standard InChI is InChI=1S/C22H25NO3S/c24-20(23-17(21(25)26)12-15-6-2-1-3-7-15)19-13-16-14-22(10-5-11-22)9-4-8-18(16)27-19/h1-3,6-7,13,17H,4-5,8-12,14H2,(H,23,24)(H,25,26). The number of rotatable bonds is 5. The minimum Gasteiger partial charge on any atom is -0.480 e. The van der Waals surface area contributed by atoms with Crippen LogP contribution in [-0.2, 0) is 24.1 Å². The van der Waals surface area contributed by atoms with Crippen LogP contribution in [0.4, 0.5) is 0 Å². The maximum atomic E-state index is 12.7. The Morgan fingerprint density at radius 1 is 1.15 bits per heavy atom. The first-order chi connectivity index (χ1) is 13.0. The summed E-state index contributed by atoms with van der Waals surface area (Å²) in [6.45, 7) is 0. The van der Waals surface area contributed by atoms with E-state index in [9.17, 15) is 14.7 Å². The highest BCUT2D eigenvalue weighted by Gasteiger charge is 2.39. The molecule has 5 heteroatoms. The number of carboxylic acid groups (broad SMARTS) is 1. The summed E-state index contributed by atoms with van der Waals surface area (Å²) in [5.74, 6) is -1.27. The van der Waals surface area contributed by atoms with E-state index in [1.807, 2.05) is 36.4 Å². The fourth-order valence-corrected chi connectivity index (χ4v) is 5.57. The van der Waals surface area contributed by atoms with Crippen LogP contribution >= 0.6 is 11.3 Å². The Morgan fingerprint density at radius 3 is 2.56 bits per heavy atom. The van der Waals surface area contributed by atoms with Gasteiger partial charge < -0.3 is 10.4 Å². The molecule has 1 amide bonds. The van der Waals surface area contributed by atoms with E-state index in [-0.39, 0.29) is 12.3 Å². The van der Waals surface area contributed by atoms with E-state index in [4.69, 9.17) is 0 Å². The number of carbonyl (C=O) groups is 2. The van der Waals surface area contributed by atoms with Crippen molar-refractivity contribution in [3.8, 4) is 0 Å².